The van der Waals surface area contributed by atoms with Crippen LogP contribution >= 0.6 is 0 Å². The molecule has 0 aliphatic carbocycles. The first-order valence-electron chi connectivity index (χ1n) is 4.40. The summed E-state index contributed by atoms with van der Waals surface area (Å²) in [6.45, 7) is 4.00. The van der Waals surface area contributed by atoms with Gasteiger partial charge in [-0.15, -0.1) is 0 Å². The smallest absolute Gasteiger partial charge is 0.399 e. The highest BCUT2D eigenvalue weighted by molar-refractivity contribution is 5.37. The second-order valence-corrected chi connectivity index (χ2v) is 3.17. The zero-order chi connectivity index (χ0) is 9.97. The van der Waals surface area contributed by atoms with Crippen LogP contribution < -0.4 is 4.74 Å². The third-order valence-corrected chi connectivity index (χ3v) is 1.95. The first kappa shape index (κ1) is 8.81. The summed E-state index contributed by atoms with van der Waals surface area (Å²) in [4.78, 5) is 3.89. The fraction of sp³-hybridized carbons (Fsp3) is 0.182. The van der Waals surface area contributed by atoms with E-state index in [9.17, 15) is 0 Å². The first-order valence-corrected chi connectivity index (χ1v) is 4.40. The van der Waals surface area contributed by atoms with E-state index in [0.717, 1.165) is 16.9 Å². The predicted octanol–water partition coefficient (Wildman–Crippen LogP) is 3.08. The summed E-state index contributed by atoms with van der Waals surface area (Å²) in [6.07, 6.45) is 3.32. The number of nitrogens with zero attached hydrogens (tertiary/aromatic N) is 1. The van der Waals surface area contributed by atoms with Crippen molar-refractivity contribution < 1.29 is 9.15 Å². The summed E-state index contributed by atoms with van der Waals surface area (Å²) >= 11 is 0. The van der Waals surface area contributed by atoms with E-state index >= 15 is 0 Å². The summed E-state index contributed by atoms with van der Waals surface area (Å²) in [5.74, 6) is 0.785. The van der Waals surface area contributed by atoms with E-state index in [1.807, 2.05) is 32.0 Å². The highest BCUT2D eigenvalue weighted by Crippen LogP contribution is 2.24. The molecule has 0 bridgehead atoms. The van der Waals surface area contributed by atoms with Gasteiger partial charge in [-0.05, 0) is 31.0 Å². The van der Waals surface area contributed by atoms with E-state index in [4.69, 9.17) is 9.15 Å². The van der Waals surface area contributed by atoms with Crippen LogP contribution in [0.25, 0.3) is 0 Å². The maximum atomic E-state index is 5.45. The molecule has 1 aromatic carbocycles. The van der Waals surface area contributed by atoms with Gasteiger partial charge in [-0.3, -0.25) is 0 Å². The molecule has 3 heteroatoms. The van der Waals surface area contributed by atoms with Crippen LogP contribution in [0.4, 0.5) is 0 Å². The lowest BCUT2D eigenvalue weighted by Crippen LogP contribution is -1.88. The highest BCUT2D eigenvalue weighted by atomic mass is 16.6. The molecule has 2 rings (SSSR count). The lowest BCUT2D eigenvalue weighted by Gasteiger charge is -2.05. The minimum atomic E-state index is 0.277. The number of ether oxygens (including phenoxy) is 1. The molecule has 0 fully saturated rings. The van der Waals surface area contributed by atoms with Crippen molar-refractivity contribution in [2.75, 3.05) is 0 Å². The first-order chi connectivity index (χ1) is 6.75. The van der Waals surface area contributed by atoms with Gasteiger partial charge in [0, 0.05) is 0 Å². The van der Waals surface area contributed by atoms with Crippen molar-refractivity contribution in [3.8, 4) is 11.8 Å². The normalized spacial score (nSPS) is 10.1. The number of aromatic nitrogens is 1. The second kappa shape index (κ2) is 3.54. The average Bonchev–Trinajstić information content (AvgIpc) is 2.64. The fourth-order valence-corrected chi connectivity index (χ4v) is 1.17. The van der Waals surface area contributed by atoms with E-state index in [1.54, 1.807) is 6.20 Å². The standard InChI is InChI=1S/C11H11NO2/c1-8-3-4-9(2)10(7-8)14-11-12-5-6-13-11/h3-7H,1-2H3. The third kappa shape index (κ3) is 1.76. The summed E-state index contributed by atoms with van der Waals surface area (Å²) in [6, 6.07) is 6.00. The number of aryl methyl sites for hydroxylation is 2. The molecule has 0 unspecified atom stereocenters. The molecule has 0 N–H and O–H groups in total. The average molecular weight is 189 g/mol. The molecule has 0 aliphatic heterocycles. The van der Waals surface area contributed by atoms with Crippen molar-refractivity contribution in [1.29, 1.82) is 0 Å². The van der Waals surface area contributed by atoms with Gasteiger partial charge >= 0.3 is 6.08 Å². The molecular formula is C11H11NO2. The lowest BCUT2D eigenvalue weighted by atomic mass is 10.1. The molecule has 0 spiro atoms. The molecule has 0 saturated heterocycles. The molecule has 0 amide bonds. The van der Waals surface area contributed by atoms with Gasteiger partial charge in [0.15, 0.2) is 0 Å². The van der Waals surface area contributed by atoms with Gasteiger partial charge in [0.25, 0.3) is 0 Å². The Labute approximate surface area is 82.3 Å². The zero-order valence-electron chi connectivity index (χ0n) is 8.15. The van der Waals surface area contributed by atoms with E-state index in [-0.39, 0.29) is 6.08 Å². The van der Waals surface area contributed by atoms with Crippen molar-refractivity contribution in [2.24, 2.45) is 0 Å². The van der Waals surface area contributed by atoms with Crippen molar-refractivity contribution in [2.45, 2.75) is 13.8 Å². The van der Waals surface area contributed by atoms with Crippen molar-refractivity contribution in [3.63, 3.8) is 0 Å². The molecule has 1 heterocycles. The van der Waals surface area contributed by atoms with E-state index in [1.165, 1.54) is 6.26 Å². The Hall–Kier alpha value is -1.77. The Balaban J connectivity index is 2.28. The maximum absolute atomic E-state index is 5.45. The van der Waals surface area contributed by atoms with Gasteiger partial charge in [-0.2, -0.15) is 4.98 Å². The zero-order valence-corrected chi connectivity index (χ0v) is 8.15. The number of rotatable bonds is 2. The molecule has 0 saturated carbocycles. The Morgan fingerprint density at radius 2 is 2.14 bits per heavy atom. The third-order valence-electron chi connectivity index (χ3n) is 1.95. The highest BCUT2D eigenvalue weighted by Gasteiger charge is 2.04. The van der Waals surface area contributed by atoms with E-state index < -0.39 is 0 Å². The Kier molecular flexibility index (Phi) is 2.23. The van der Waals surface area contributed by atoms with Crippen LogP contribution in [0.3, 0.4) is 0 Å². The molecule has 0 radical (unpaired) electrons. The van der Waals surface area contributed by atoms with Crippen LogP contribution in [0.2, 0.25) is 0 Å². The van der Waals surface area contributed by atoms with E-state index in [2.05, 4.69) is 4.98 Å². The minimum absolute atomic E-state index is 0.277. The molecule has 0 aliphatic rings. The Bertz CT molecular complexity index is 421. The summed E-state index contributed by atoms with van der Waals surface area (Å²) in [5.41, 5.74) is 2.21. The van der Waals surface area contributed by atoms with E-state index in [0.29, 0.717) is 0 Å². The van der Waals surface area contributed by atoms with Gasteiger partial charge < -0.3 is 9.15 Å². The van der Waals surface area contributed by atoms with Crippen molar-refractivity contribution >= 4 is 0 Å². The molecule has 1 aromatic heterocycles. The van der Waals surface area contributed by atoms with Gasteiger partial charge in [-0.1, -0.05) is 12.1 Å². The summed E-state index contributed by atoms with van der Waals surface area (Å²) in [5, 5.41) is 0. The van der Waals surface area contributed by atoms with Gasteiger partial charge in [-0.25, -0.2) is 0 Å². The topological polar surface area (TPSA) is 35.3 Å². The molecular weight excluding hydrogens is 178 g/mol. The van der Waals surface area contributed by atoms with Crippen LogP contribution in [-0.4, -0.2) is 4.98 Å². The fourth-order valence-electron chi connectivity index (χ4n) is 1.17. The van der Waals surface area contributed by atoms with Crippen LogP contribution in [-0.2, 0) is 0 Å². The van der Waals surface area contributed by atoms with Crippen LogP contribution in [0.5, 0.6) is 11.8 Å². The Morgan fingerprint density at radius 1 is 1.29 bits per heavy atom. The predicted molar refractivity (Wildman–Crippen MR) is 52.5 cm³/mol. The largest absolute Gasteiger partial charge is 0.417 e. The van der Waals surface area contributed by atoms with Crippen molar-refractivity contribution in [1.82, 2.24) is 4.98 Å². The Morgan fingerprint density at radius 3 is 2.86 bits per heavy atom. The molecule has 14 heavy (non-hydrogen) atoms. The maximum Gasteiger partial charge on any atom is 0.399 e. The van der Waals surface area contributed by atoms with Gasteiger partial charge in [0.05, 0.1) is 6.20 Å². The SMILES string of the molecule is Cc1ccc(C)c(Oc2ncco2)c1. The number of hydrogen-bond acceptors (Lipinski definition) is 3. The van der Waals surface area contributed by atoms with Crippen LogP contribution in [0.15, 0.2) is 35.1 Å². The minimum Gasteiger partial charge on any atom is -0.417 e. The second-order valence-electron chi connectivity index (χ2n) is 3.17. The lowest BCUT2D eigenvalue weighted by molar-refractivity contribution is 0.329. The van der Waals surface area contributed by atoms with Gasteiger partial charge in [0.1, 0.15) is 12.0 Å². The molecule has 0 atom stereocenters. The number of hydrogen-bond donors (Lipinski definition) is 0. The van der Waals surface area contributed by atoms with Crippen LogP contribution in [0.1, 0.15) is 11.1 Å². The van der Waals surface area contributed by atoms with Crippen molar-refractivity contribution in [3.05, 3.63) is 41.8 Å². The van der Waals surface area contributed by atoms with Gasteiger partial charge in [0.2, 0.25) is 0 Å². The quantitative estimate of drug-likeness (QED) is 0.728. The summed E-state index contributed by atoms with van der Waals surface area (Å²) in [7, 11) is 0. The summed E-state index contributed by atoms with van der Waals surface area (Å²) < 4.78 is 10.5. The number of benzene rings is 1. The molecule has 2 aromatic rings. The molecule has 72 valence electrons. The molecule has 3 nitrogen and oxygen atoms in total. The monoisotopic (exact) mass is 189 g/mol. The van der Waals surface area contributed by atoms with Crippen LogP contribution in [0, 0.1) is 13.8 Å². The number of oxazole rings is 1.